The molecule has 1 aliphatic rings. The summed E-state index contributed by atoms with van der Waals surface area (Å²) in [6, 6.07) is 2.50. The third kappa shape index (κ3) is 1.43. The molecule has 2 heterocycles. The topological polar surface area (TPSA) is 17.8 Å². The minimum absolute atomic E-state index is 0.0156. The molecule has 0 amide bonds. The highest BCUT2D eigenvalue weighted by Crippen LogP contribution is 2.41. The van der Waals surface area contributed by atoms with Gasteiger partial charge in [0.05, 0.1) is 5.52 Å². The summed E-state index contributed by atoms with van der Waals surface area (Å²) in [5, 5.41) is 0. The number of rotatable bonds is 0. The highest BCUT2D eigenvalue weighted by atomic mass is 19.4. The van der Waals surface area contributed by atoms with E-state index >= 15 is 0 Å². The smallest absolute Gasteiger partial charge is 0.316 e. The lowest BCUT2D eigenvalue weighted by molar-refractivity contribution is -0.164. The van der Waals surface area contributed by atoms with Crippen LogP contribution in [0.3, 0.4) is 0 Å². The van der Waals surface area contributed by atoms with Gasteiger partial charge in [0.25, 0.3) is 0 Å². The van der Waals surface area contributed by atoms with E-state index in [0.29, 0.717) is 5.82 Å². The molecular weight excluding hydrogens is 236 g/mol. The van der Waals surface area contributed by atoms with Crippen molar-refractivity contribution in [3.63, 3.8) is 0 Å². The van der Waals surface area contributed by atoms with Crippen LogP contribution in [0.5, 0.6) is 0 Å². The van der Waals surface area contributed by atoms with Crippen molar-refractivity contribution in [2.75, 3.05) is 0 Å². The first-order valence-corrected chi connectivity index (χ1v) is 5.20. The van der Waals surface area contributed by atoms with Gasteiger partial charge in [-0.05, 0) is 18.6 Å². The number of fused-ring (bicyclic) bond motifs is 3. The molecule has 0 spiro atoms. The Bertz CT molecular complexity index is 585. The van der Waals surface area contributed by atoms with Crippen LogP contribution in [-0.2, 0) is 6.42 Å². The van der Waals surface area contributed by atoms with E-state index < -0.39 is 18.0 Å². The normalized spacial score (nSPS) is 19.9. The molecule has 17 heavy (non-hydrogen) atoms. The van der Waals surface area contributed by atoms with Gasteiger partial charge in [0.2, 0.25) is 0 Å². The van der Waals surface area contributed by atoms with E-state index in [-0.39, 0.29) is 23.9 Å². The number of para-hydroxylation sites is 1. The van der Waals surface area contributed by atoms with Crippen LogP contribution in [0.1, 0.15) is 18.3 Å². The Morgan fingerprint density at radius 2 is 2.06 bits per heavy atom. The highest BCUT2D eigenvalue weighted by molar-refractivity contribution is 5.77. The van der Waals surface area contributed by atoms with E-state index in [1.54, 1.807) is 0 Å². The van der Waals surface area contributed by atoms with Gasteiger partial charge in [0, 0.05) is 6.42 Å². The predicted molar refractivity (Wildman–Crippen MR) is 53.1 cm³/mol. The lowest BCUT2D eigenvalue weighted by atomic mass is 10.2. The van der Waals surface area contributed by atoms with Crippen molar-refractivity contribution in [2.24, 2.45) is 0 Å². The minimum atomic E-state index is -4.31. The second-order valence-electron chi connectivity index (χ2n) is 4.10. The van der Waals surface area contributed by atoms with Crippen LogP contribution in [0.25, 0.3) is 11.0 Å². The molecule has 0 saturated carbocycles. The molecule has 0 saturated heterocycles. The zero-order chi connectivity index (χ0) is 12.2. The van der Waals surface area contributed by atoms with Gasteiger partial charge in [-0.1, -0.05) is 6.07 Å². The summed E-state index contributed by atoms with van der Waals surface area (Å²) < 4.78 is 52.9. The maximum absolute atomic E-state index is 13.4. The first kappa shape index (κ1) is 10.6. The van der Waals surface area contributed by atoms with E-state index in [9.17, 15) is 17.6 Å². The Labute approximate surface area is 93.9 Å². The molecule has 1 aromatic carbocycles. The second-order valence-corrected chi connectivity index (χ2v) is 4.10. The lowest BCUT2D eigenvalue weighted by Crippen LogP contribution is -2.23. The summed E-state index contributed by atoms with van der Waals surface area (Å²) in [6.07, 6.45) is -4.10. The molecule has 1 atom stereocenters. The van der Waals surface area contributed by atoms with Crippen molar-refractivity contribution in [3.8, 4) is 0 Å². The molecule has 0 fully saturated rings. The van der Waals surface area contributed by atoms with Gasteiger partial charge >= 0.3 is 6.18 Å². The zero-order valence-electron chi connectivity index (χ0n) is 8.63. The van der Waals surface area contributed by atoms with Crippen LogP contribution < -0.4 is 0 Å². The minimum Gasteiger partial charge on any atom is -0.316 e. The van der Waals surface area contributed by atoms with Crippen LogP contribution in [0.15, 0.2) is 18.2 Å². The van der Waals surface area contributed by atoms with Gasteiger partial charge in [0.15, 0.2) is 5.82 Å². The first-order chi connectivity index (χ1) is 7.98. The van der Waals surface area contributed by atoms with E-state index in [1.165, 1.54) is 18.2 Å². The average Bonchev–Trinajstić information content (AvgIpc) is 2.75. The summed E-state index contributed by atoms with van der Waals surface area (Å²) in [6.45, 7) is 0. The largest absolute Gasteiger partial charge is 0.409 e. The SMILES string of the molecule is Fc1cccc2c1nc1n2[C@H](C(F)(F)F)CC1. The number of hydrogen-bond donors (Lipinski definition) is 0. The van der Waals surface area contributed by atoms with Crippen molar-refractivity contribution >= 4 is 11.0 Å². The van der Waals surface area contributed by atoms with Gasteiger partial charge in [-0.25, -0.2) is 9.37 Å². The molecule has 2 nitrogen and oxygen atoms in total. The third-order valence-electron chi connectivity index (χ3n) is 3.07. The van der Waals surface area contributed by atoms with Crippen molar-refractivity contribution < 1.29 is 17.6 Å². The van der Waals surface area contributed by atoms with E-state index in [4.69, 9.17) is 0 Å². The molecule has 0 unspecified atom stereocenters. The summed E-state index contributed by atoms with van der Waals surface area (Å²) in [5.41, 5.74) is 0.247. The molecule has 3 rings (SSSR count). The number of hydrogen-bond acceptors (Lipinski definition) is 1. The van der Waals surface area contributed by atoms with Crippen molar-refractivity contribution in [3.05, 3.63) is 29.8 Å². The molecular formula is C11H8F4N2. The standard InChI is InChI=1S/C11H8F4N2/c12-6-2-1-3-7-10(6)16-9-5-4-8(17(7)9)11(13,14)15/h1-3,8H,4-5H2/t8-/m0/s1. The summed E-state index contributed by atoms with van der Waals surface area (Å²) >= 11 is 0. The number of halogens is 4. The van der Waals surface area contributed by atoms with Crippen LogP contribution in [0.4, 0.5) is 17.6 Å². The van der Waals surface area contributed by atoms with Crippen molar-refractivity contribution in [1.82, 2.24) is 9.55 Å². The van der Waals surface area contributed by atoms with E-state index in [2.05, 4.69) is 4.98 Å². The molecule has 0 N–H and O–H groups in total. The highest BCUT2D eigenvalue weighted by Gasteiger charge is 2.45. The molecule has 6 heteroatoms. The van der Waals surface area contributed by atoms with Crippen LogP contribution in [0, 0.1) is 5.82 Å². The Kier molecular flexibility index (Phi) is 1.99. The fourth-order valence-corrected chi connectivity index (χ4v) is 2.36. The molecule has 0 radical (unpaired) electrons. The Balaban J connectivity index is 2.27. The number of imidazole rings is 1. The molecule has 2 aromatic rings. The van der Waals surface area contributed by atoms with Gasteiger partial charge in [-0.2, -0.15) is 13.2 Å². The molecule has 1 aliphatic heterocycles. The molecule has 1 aromatic heterocycles. The predicted octanol–water partition coefficient (Wildman–Crippen LogP) is 3.23. The summed E-state index contributed by atoms with van der Waals surface area (Å²) in [5.74, 6) is -0.266. The van der Waals surface area contributed by atoms with Crippen LogP contribution >= 0.6 is 0 Å². The van der Waals surface area contributed by atoms with Crippen LogP contribution in [0.2, 0.25) is 0 Å². The van der Waals surface area contributed by atoms with Gasteiger partial charge in [-0.15, -0.1) is 0 Å². The monoisotopic (exact) mass is 244 g/mol. The Hall–Kier alpha value is -1.59. The van der Waals surface area contributed by atoms with Gasteiger partial charge in [-0.3, -0.25) is 0 Å². The zero-order valence-corrected chi connectivity index (χ0v) is 8.63. The van der Waals surface area contributed by atoms with Crippen molar-refractivity contribution in [1.29, 1.82) is 0 Å². The number of aromatic nitrogens is 2. The molecule has 90 valence electrons. The average molecular weight is 244 g/mol. The molecule has 0 bridgehead atoms. The first-order valence-electron chi connectivity index (χ1n) is 5.20. The molecule has 0 aliphatic carbocycles. The van der Waals surface area contributed by atoms with E-state index in [1.807, 2.05) is 0 Å². The fraction of sp³-hybridized carbons (Fsp3) is 0.364. The Morgan fingerprint density at radius 3 is 2.76 bits per heavy atom. The number of alkyl halides is 3. The number of aryl methyl sites for hydroxylation is 1. The lowest BCUT2D eigenvalue weighted by Gasteiger charge is -2.17. The summed E-state index contributed by atoms with van der Waals surface area (Å²) in [4.78, 5) is 3.94. The second kappa shape index (κ2) is 3.21. The number of benzene rings is 1. The van der Waals surface area contributed by atoms with Crippen molar-refractivity contribution in [2.45, 2.75) is 25.1 Å². The maximum atomic E-state index is 13.4. The van der Waals surface area contributed by atoms with Gasteiger partial charge in [0.1, 0.15) is 17.4 Å². The maximum Gasteiger partial charge on any atom is 0.409 e. The van der Waals surface area contributed by atoms with Gasteiger partial charge < -0.3 is 4.57 Å². The third-order valence-corrected chi connectivity index (χ3v) is 3.07. The quantitative estimate of drug-likeness (QED) is 0.650. The fourth-order valence-electron chi connectivity index (χ4n) is 2.36. The summed E-state index contributed by atoms with van der Waals surface area (Å²) in [7, 11) is 0. The number of nitrogens with zero attached hydrogens (tertiary/aromatic N) is 2. The van der Waals surface area contributed by atoms with E-state index in [0.717, 1.165) is 4.57 Å². The van der Waals surface area contributed by atoms with Crippen LogP contribution in [-0.4, -0.2) is 15.7 Å². The Morgan fingerprint density at radius 1 is 1.29 bits per heavy atom.